The third-order valence-corrected chi connectivity index (χ3v) is 2.34. The minimum Gasteiger partial charge on any atom is -0.384 e. The van der Waals surface area contributed by atoms with E-state index in [0.717, 1.165) is 13.0 Å². The molecule has 0 spiro atoms. The summed E-state index contributed by atoms with van der Waals surface area (Å²) in [5, 5.41) is 0. The Morgan fingerprint density at radius 3 is 2.69 bits per heavy atom. The van der Waals surface area contributed by atoms with Crippen molar-refractivity contribution in [3.05, 3.63) is 23.9 Å². The number of nitrogen functional groups attached to an aromatic ring is 1. The maximum absolute atomic E-state index is 12.1. The van der Waals surface area contributed by atoms with E-state index < -0.39 is 0 Å². The van der Waals surface area contributed by atoms with E-state index in [2.05, 4.69) is 11.9 Å². The van der Waals surface area contributed by atoms with Crippen LogP contribution in [0.3, 0.4) is 0 Å². The highest BCUT2D eigenvalue weighted by Gasteiger charge is 2.18. The summed E-state index contributed by atoms with van der Waals surface area (Å²) in [6.45, 7) is 6.79. The van der Waals surface area contributed by atoms with Crippen molar-refractivity contribution in [2.45, 2.75) is 33.2 Å². The molecule has 88 valence electrons. The molecule has 0 atom stereocenters. The summed E-state index contributed by atoms with van der Waals surface area (Å²) in [5.74, 6) is 0.329. The molecule has 0 radical (unpaired) electrons. The van der Waals surface area contributed by atoms with Gasteiger partial charge in [-0.2, -0.15) is 0 Å². The molecule has 4 heteroatoms. The van der Waals surface area contributed by atoms with Crippen LogP contribution in [0.15, 0.2) is 18.2 Å². The van der Waals surface area contributed by atoms with Gasteiger partial charge in [0.2, 0.25) is 0 Å². The summed E-state index contributed by atoms with van der Waals surface area (Å²) in [4.78, 5) is 18.0. The first-order chi connectivity index (χ1) is 7.56. The number of amides is 1. The summed E-state index contributed by atoms with van der Waals surface area (Å²) < 4.78 is 0. The van der Waals surface area contributed by atoms with Crippen LogP contribution in [-0.2, 0) is 0 Å². The lowest BCUT2D eigenvalue weighted by atomic mass is 10.2. The Labute approximate surface area is 96.5 Å². The number of rotatable bonds is 4. The average Bonchev–Trinajstić information content (AvgIpc) is 2.24. The molecule has 0 fully saturated rings. The average molecular weight is 221 g/mol. The zero-order valence-electron chi connectivity index (χ0n) is 10.1. The third kappa shape index (κ3) is 2.95. The normalized spacial score (nSPS) is 10.5. The largest absolute Gasteiger partial charge is 0.384 e. The van der Waals surface area contributed by atoms with E-state index in [1.807, 2.05) is 18.7 Å². The van der Waals surface area contributed by atoms with Crippen LogP contribution in [0.2, 0.25) is 0 Å². The molecule has 0 bridgehead atoms. The highest BCUT2D eigenvalue weighted by molar-refractivity contribution is 5.92. The van der Waals surface area contributed by atoms with Crippen molar-refractivity contribution < 1.29 is 4.79 Å². The summed E-state index contributed by atoms with van der Waals surface area (Å²) in [6, 6.07) is 5.30. The van der Waals surface area contributed by atoms with Gasteiger partial charge in [-0.15, -0.1) is 0 Å². The first kappa shape index (κ1) is 12.5. The molecule has 0 aliphatic heterocycles. The van der Waals surface area contributed by atoms with Crippen molar-refractivity contribution in [2.24, 2.45) is 0 Å². The summed E-state index contributed by atoms with van der Waals surface area (Å²) in [7, 11) is 0. The van der Waals surface area contributed by atoms with Crippen molar-refractivity contribution in [1.29, 1.82) is 0 Å². The Hall–Kier alpha value is -1.58. The molecule has 0 aromatic carbocycles. The summed E-state index contributed by atoms with van der Waals surface area (Å²) in [5.41, 5.74) is 5.98. The minimum absolute atomic E-state index is 0.0517. The van der Waals surface area contributed by atoms with Crippen molar-refractivity contribution in [2.75, 3.05) is 12.3 Å². The number of hydrogen-bond acceptors (Lipinski definition) is 3. The number of nitrogens with two attached hydrogens (primary N) is 1. The van der Waals surface area contributed by atoms with Gasteiger partial charge in [-0.1, -0.05) is 13.0 Å². The minimum atomic E-state index is -0.0517. The molecular formula is C12H19N3O. The van der Waals surface area contributed by atoms with E-state index in [-0.39, 0.29) is 11.9 Å². The fourth-order valence-electron chi connectivity index (χ4n) is 1.55. The second kappa shape index (κ2) is 5.49. The number of pyridine rings is 1. The Kier molecular flexibility index (Phi) is 4.28. The van der Waals surface area contributed by atoms with Gasteiger partial charge in [-0.25, -0.2) is 4.98 Å². The van der Waals surface area contributed by atoms with E-state index >= 15 is 0 Å². The standard InChI is InChI=1S/C12H19N3O/c1-4-8-15(9(2)3)12(16)10-6-5-7-11(13)14-10/h5-7,9H,4,8H2,1-3H3,(H2,13,14). The Bertz CT molecular complexity index is 363. The van der Waals surface area contributed by atoms with Crippen molar-refractivity contribution in [3.8, 4) is 0 Å². The maximum atomic E-state index is 12.1. The van der Waals surface area contributed by atoms with Crippen LogP contribution in [0.1, 0.15) is 37.7 Å². The van der Waals surface area contributed by atoms with Gasteiger partial charge in [0.25, 0.3) is 5.91 Å². The van der Waals surface area contributed by atoms with Crippen LogP contribution in [0.5, 0.6) is 0 Å². The van der Waals surface area contributed by atoms with Gasteiger partial charge in [-0.3, -0.25) is 4.79 Å². The van der Waals surface area contributed by atoms with E-state index in [9.17, 15) is 4.79 Å². The van der Waals surface area contributed by atoms with Crippen LogP contribution in [0.25, 0.3) is 0 Å². The maximum Gasteiger partial charge on any atom is 0.272 e. The number of anilines is 1. The van der Waals surface area contributed by atoms with Gasteiger partial charge in [-0.05, 0) is 32.4 Å². The molecule has 0 saturated carbocycles. The molecule has 1 aromatic rings. The second-order valence-electron chi connectivity index (χ2n) is 4.04. The Morgan fingerprint density at radius 1 is 1.50 bits per heavy atom. The molecule has 2 N–H and O–H groups in total. The predicted octanol–water partition coefficient (Wildman–Crippen LogP) is 1.92. The van der Waals surface area contributed by atoms with Crippen LogP contribution in [0.4, 0.5) is 5.82 Å². The molecule has 4 nitrogen and oxygen atoms in total. The van der Waals surface area contributed by atoms with E-state index in [1.165, 1.54) is 0 Å². The lowest BCUT2D eigenvalue weighted by Gasteiger charge is -2.25. The summed E-state index contributed by atoms with van der Waals surface area (Å²) in [6.07, 6.45) is 0.937. The van der Waals surface area contributed by atoms with E-state index in [0.29, 0.717) is 11.5 Å². The van der Waals surface area contributed by atoms with Gasteiger partial charge < -0.3 is 10.6 Å². The smallest absolute Gasteiger partial charge is 0.272 e. The topological polar surface area (TPSA) is 59.2 Å². The Morgan fingerprint density at radius 2 is 2.19 bits per heavy atom. The first-order valence-corrected chi connectivity index (χ1v) is 5.59. The number of aromatic nitrogens is 1. The molecule has 0 aliphatic rings. The molecule has 1 rings (SSSR count). The third-order valence-electron chi connectivity index (χ3n) is 2.34. The SMILES string of the molecule is CCCN(C(=O)c1cccc(N)n1)C(C)C. The molecule has 0 saturated heterocycles. The summed E-state index contributed by atoms with van der Waals surface area (Å²) >= 11 is 0. The zero-order valence-corrected chi connectivity index (χ0v) is 10.1. The molecule has 0 aliphatic carbocycles. The fourth-order valence-corrected chi connectivity index (χ4v) is 1.55. The molecular weight excluding hydrogens is 202 g/mol. The lowest BCUT2D eigenvalue weighted by Crippen LogP contribution is -2.38. The second-order valence-corrected chi connectivity index (χ2v) is 4.04. The Balaban J connectivity index is 2.90. The van der Waals surface area contributed by atoms with Crippen LogP contribution in [-0.4, -0.2) is 28.4 Å². The van der Waals surface area contributed by atoms with Crippen LogP contribution >= 0.6 is 0 Å². The predicted molar refractivity (Wildman–Crippen MR) is 65.1 cm³/mol. The highest BCUT2D eigenvalue weighted by atomic mass is 16.2. The van der Waals surface area contributed by atoms with Crippen molar-refractivity contribution >= 4 is 11.7 Å². The highest BCUT2D eigenvalue weighted by Crippen LogP contribution is 2.08. The number of carbonyl (C=O) groups is 1. The van der Waals surface area contributed by atoms with Gasteiger partial charge in [0.1, 0.15) is 11.5 Å². The number of hydrogen-bond donors (Lipinski definition) is 1. The van der Waals surface area contributed by atoms with E-state index in [1.54, 1.807) is 18.2 Å². The van der Waals surface area contributed by atoms with Crippen molar-refractivity contribution in [3.63, 3.8) is 0 Å². The molecule has 0 unspecified atom stereocenters. The van der Waals surface area contributed by atoms with E-state index in [4.69, 9.17) is 5.73 Å². The lowest BCUT2D eigenvalue weighted by molar-refractivity contribution is 0.0700. The monoisotopic (exact) mass is 221 g/mol. The molecule has 1 amide bonds. The molecule has 16 heavy (non-hydrogen) atoms. The van der Waals surface area contributed by atoms with Gasteiger partial charge in [0, 0.05) is 12.6 Å². The number of nitrogens with zero attached hydrogens (tertiary/aromatic N) is 2. The van der Waals surface area contributed by atoms with Gasteiger partial charge in [0.05, 0.1) is 0 Å². The quantitative estimate of drug-likeness (QED) is 0.845. The van der Waals surface area contributed by atoms with Crippen LogP contribution in [0, 0.1) is 0 Å². The fraction of sp³-hybridized carbons (Fsp3) is 0.500. The van der Waals surface area contributed by atoms with Crippen molar-refractivity contribution in [1.82, 2.24) is 9.88 Å². The molecule has 1 aromatic heterocycles. The zero-order chi connectivity index (χ0) is 12.1. The van der Waals surface area contributed by atoms with Crippen LogP contribution < -0.4 is 5.73 Å². The number of carbonyl (C=O) groups excluding carboxylic acids is 1. The first-order valence-electron chi connectivity index (χ1n) is 5.59. The van der Waals surface area contributed by atoms with Gasteiger partial charge in [0.15, 0.2) is 0 Å². The molecule has 1 heterocycles. The van der Waals surface area contributed by atoms with Gasteiger partial charge >= 0.3 is 0 Å².